The van der Waals surface area contributed by atoms with E-state index in [0.29, 0.717) is 0 Å². The Labute approximate surface area is 107 Å². The van der Waals surface area contributed by atoms with Crippen molar-refractivity contribution in [2.75, 3.05) is 19.6 Å². The molecular formula is C14H17N3O. The van der Waals surface area contributed by atoms with Crippen molar-refractivity contribution in [2.45, 2.75) is 18.4 Å². The Bertz CT molecular complexity index is 461. The van der Waals surface area contributed by atoms with E-state index in [-0.39, 0.29) is 11.4 Å². The van der Waals surface area contributed by atoms with E-state index in [0.717, 1.165) is 38.0 Å². The molecule has 0 bridgehead atoms. The molecule has 0 radical (unpaired) electrons. The van der Waals surface area contributed by atoms with E-state index >= 15 is 0 Å². The van der Waals surface area contributed by atoms with E-state index in [9.17, 15) is 4.79 Å². The predicted octanol–water partition coefficient (Wildman–Crippen LogP) is 1.29. The van der Waals surface area contributed by atoms with Gasteiger partial charge in [0, 0.05) is 25.2 Å². The molecule has 1 N–H and O–H groups in total. The van der Waals surface area contributed by atoms with Crippen LogP contribution in [0.1, 0.15) is 23.2 Å². The maximum absolute atomic E-state index is 12.3. The Balaban J connectivity index is 1.66. The number of amides is 1. The minimum atomic E-state index is 0.0491. The molecular weight excluding hydrogens is 226 g/mol. The minimum Gasteiger partial charge on any atom is -0.374 e. The number of hydrogen-bond acceptors (Lipinski definition) is 3. The van der Waals surface area contributed by atoms with Gasteiger partial charge in [0.05, 0.1) is 11.9 Å². The zero-order chi connectivity index (χ0) is 12.4. The van der Waals surface area contributed by atoms with Crippen LogP contribution in [0.15, 0.2) is 35.3 Å². The average molecular weight is 243 g/mol. The molecule has 2 aliphatic rings. The molecule has 94 valence electrons. The SMILES string of the molecule is O=C(c1ccccc1)N1CCC2(CC1)CNC=N2. The average Bonchev–Trinajstić information content (AvgIpc) is 2.88. The summed E-state index contributed by atoms with van der Waals surface area (Å²) in [5, 5.41) is 3.16. The summed E-state index contributed by atoms with van der Waals surface area (Å²) in [5.41, 5.74) is 0.828. The molecule has 4 heteroatoms. The summed E-state index contributed by atoms with van der Waals surface area (Å²) in [7, 11) is 0. The summed E-state index contributed by atoms with van der Waals surface area (Å²) < 4.78 is 0. The van der Waals surface area contributed by atoms with Gasteiger partial charge >= 0.3 is 0 Å². The van der Waals surface area contributed by atoms with E-state index < -0.39 is 0 Å². The van der Waals surface area contributed by atoms with Crippen LogP contribution in [0.3, 0.4) is 0 Å². The lowest BCUT2D eigenvalue weighted by atomic mass is 9.88. The number of likely N-dealkylation sites (tertiary alicyclic amines) is 1. The van der Waals surface area contributed by atoms with Crippen molar-refractivity contribution in [3.63, 3.8) is 0 Å². The molecule has 2 aliphatic heterocycles. The fourth-order valence-corrected chi connectivity index (χ4v) is 2.66. The van der Waals surface area contributed by atoms with Crippen LogP contribution in [0, 0.1) is 0 Å². The lowest BCUT2D eigenvalue weighted by molar-refractivity contribution is 0.0679. The molecule has 18 heavy (non-hydrogen) atoms. The highest BCUT2D eigenvalue weighted by Gasteiger charge is 2.37. The zero-order valence-corrected chi connectivity index (χ0v) is 10.3. The van der Waals surface area contributed by atoms with Crippen molar-refractivity contribution in [1.29, 1.82) is 0 Å². The molecule has 0 unspecified atom stereocenters. The first-order chi connectivity index (χ1) is 8.79. The summed E-state index contributed by atoms with van der Waals surface area (Å²) in [6.07, 6.45) is 3.71. The van der Waals surface area contributed by atoms with Gasteiger partial charge in [0.2, 0.25) is 0 Å². The smallest absolute Gasteiger partial charge is 0.253 e. The Kier molecular flexibility index (Phi) is 2.78. The van der Waals surface area contributed by atoms with Gasteiger partial charge in [0.25, 0.3) is 5.91 Å². The fourth-order valence-electron chi connectivity index (χ4n) is 2.66. The van der Waals surface area contributed by atoms with E-state index in [1.165, 1.54) is 0 Å². The molecule has 1 aromatic carbocycles. The van der Waals surface area contributed by atoms with Gasteiger partial charge in [-0.25, -0.2) is 0 Å². The topological polar surface area (TPSA) is 44.7 Å². The molecule has 1 saturated heterocycles. The zero-order valence-electron chi connectivity index (χ0n) is 10.3. The Morgan fingerprint density at radius 2 is 1.94 bits per heavy atom. The number of benzene rings is 1. The van der Waals surface area contributed by atoms with E-state index in [4.69, 9.17) is 0 Å². The standard InChI is InChI=1S/C14H17N3O/c18-13(12-4-2-1-3-5-12)17-8-6-14(7-9-17)10-15-11-16-14/h1-5,11H,6-10H2,(H,15,16). The van der Waals surface area contributed by atoms with Crippen molar-refractivity contribution in [2.24, 2.45) is 4.99 Å². The predicted molar refractivity (Wildman–Crippen MR) is 70.8 cm³/mol. The lowest BCUT2D eigenvalue weighted by Crippen LogP contribution is -2.47. The van der Waals surface area contributed by atoms with Gasteiger partial charge in [0.1, 0.15) is 0 Å². The van der Waals surface area contributed by atoms with Crippen LogP contribution in [-0.4, -0.2) is 42.3 Å². The van der Waals surface area contributed by atoms with Crippen LogP contribution in [0.4, 0.5) is 0 Å². The Hall–Kier alpha value is -1.84. The molecule has 1 spiro atoms. The van der Waals surface area contributed by atoms with Crippen LogP contribution in [-0.2, 0) is 0 Å². The Morgan fingerprint density at radius 3 is 2.56 bits per heavy atom. The Morgan fingerprint density at radius 1 is 1.22 bits per heavy atom. The molecule has 4 nitrogen and oxygen atoms in total. The highest BCUT2D eigenvalue weighted by atomic mass is 16.2. The molecule has 0 atom stereocenters. The van der Waals surface area contributed by atoms with Gasteiger partial charge in [-0.05, 0) is 25.0 Å². The number of hydrogen-bond donors (Lipinski definition) is 1. The number of aliphatic imine (C=N–C) groups is 1. The maximum Gasteiger partial charge on any atom is 0.253 e. The van der Waals surface area contributed by atoms with Crippen LogP contribution < -0.4 is 5.32 Å². The number of carbonyl (C=O) groups excluding carboxylic acids is 1. The summed E-state index contributed by atoms with van der Waals surface area (Å²) >= 11 is 0. The molecule has 2 heterocycles. The summed E-state index contributed by atoms with van der Waals surface area (Å²) in [4.78, 5) is 18.7. The first-order valence-corrected chi connectivity index (χ1v) is 6.41. The number of piperidine rings is 1. The third-order valence-corrected chi connectivity index (χ3v) is 3.86. The van der Waals surface area contributed by atoms with Crippen LogP contribution in [0.2, 0.25) is 0 Å². The lowest BCUT2D eigenvalue weighted by Gasteiger charge is -2.36. The van der Waals surface area contributed by atoms with Gasteiger partial charge in [-0.1, -0.05) is 18.2 Å². The monoisotopic (exact) mass is 243 g/mol. The summed E-state index contributed by atoms with van der Waals surface area (Å²) in [6, 6.07) is 9.50. The van der Waals surface area contributed by atoms with Crippen molar-refractivity contribution in [3.05, 3.63) is 35.9 Å². The minimum absolute atomic E-state index is 0.0491. The molecule has 1 aromatic rings. The normalized spacial score (nSPS) is 21.0. The third kappa shape index (κ3) is 1.98. The third-order valence-electron chi connectivity index (χ3n) is 3.86. The van der Waals surface area contributed by atoms with Crippen molar-refractivity contribution < 1.29 is 4.79 Å². The second kappa shape index (κ2) is 4.44. The number of nitrogens with one attached hydrogen (secondary N) is 1. The maximum atomic E-state index is 12.3. The number of rotatable bonds is 1. The van der Waals surface area contributed by atoms with E-state index in [1.54, 1.807) is 6.34 Å². The molecule has 0 saturated carbocycles. The largest absolute Gasteiger partial charge is 0.374 e. The molecule has 1 fully saturated rings. The molecule has 0 aliphatic carbocycles. The van der Waals surface area contributed by atoms with Gasteiger partial charge < -0.3 is 10.2 Å². The van der Waals surface area contributed by atoms with Gasteiger partial charge in [-0.15, -0.1) is 0 Å². The van der Waals surface area contributed by atoms with Crippen LogP contribution in [0.25, 0.3) is 0 Å². The second-order valence-corrected chi connectivity index (χ2v) is 5.02. The molecule has 0 aromatic heterocycles. The van der Waals surface area contributed by atoms with Crippen molar-refractivity contribution in [1.82, 2.24) is 10.2 Å². The van der Waals surface area contributed by atoms with Crippen LogP contribution in [0.5, 0.6) is 0 Å². The molecule has 1 amide bonds. The highest BCUT2D eigenvalue weighted by Crippen LogP contribution is 2.28. The van der Waals surface area contributed by atoms with Gasteiger partial charge in [0.15, 0.2) is 0 Å². The number of carbonyl (C=O) groups is 1. The fraction of sp³-hybridized carbons (Fsp3) is 0.429. The van der Waals surface area contributed by atoms with Gasteiger partial charge in [-0.3, -0.25) is 9.79 Å². The van der Waals surface area contributed by atoms with Crippen LogP contribution >= 0.6 is 0 Å². The summed E-state index contributed by atoms with van der Waals surface area (Å²) in [6.45, 7) is 2.51. The highest BCUT2D eigenvalue weighted by molar-refractivity contribution is 5.94. The summed E-state index contributed by atoms with van der Waals surface area (Å²) in [5.74, 6) is 0.139. The molecule has 3 rings (SSSR count). The van der Waals surface area contributed by atoms with Crippen molar-refractivity contribution >= 4 is 12.2 Å². The first-order valence-electron chi connectivity index (χ1n) is 6.41. The quantitative estimate of drug-likeness (QED) is 0.808. The van der Waals surface area contributed by atoms with E-state index in [1.807, 2.05) is 35.2 Å². The van der Waals surface area contributed by atoms with Crippen molar-refractivity contribution in [3.8, 4) is 0 Å². The first kappa shape index (κ1) is 11.3. The van der Waals surface area contributed by atoms with Gasteiger partial charge in [-0.2, -0.15) is 0 Å². The van der Waals surface area contributed by atoms with E-state index in [2.05, 4.69) is 10.3 Å². The number of nitrogens with zero attached hydrogens (tertiary/aromatic N) is 2. The second-order valence-electron chi connectivity index (χ2n) is 5.02.